The summed E-state index contributed by atoms with van der Waals surface area (Å²) in [6.45, 7) is 2.21. The number of benzene rings is 1. The zero-order chi connectivity index (χ0) is 16.7. The van der Waals surface area contributed by atoms with Crippen LogP contribution in [0.25, 0.3) is 0 Å². The number of amides is 1. The van der Waals surface area contributed by atoms with Crippen molar-refractivity contribution in [2.45, 2.75) is 6.92 Å². The molecule has 0 aliphatic rings. The third kappa shape index (κ3) is 4.54. The van der Waals surface area contributed by atoms with E-state index in [0.29, 0.717) is 16.9 Å². The molecule has 1 amide bonds. The van der Waals surface area contributed by atoms with E-state index in [2.05, 4.69) is 10.3 Å². The number of carbonyl (C=O) groups is 2. The summed E-state index contributed by atoms with van der Waals surface area (Å²) >= 11 is 0. The van der Waals surface area contributed by atoms with E-state index in [-0.39, 0.29) is 19.1 Å². The molecule has 1 heterocycles. The van der Waals surface area contributed by atoms with Crippen molar-refractivity contribution in [2.24, 2.45) is 0 Å². The highest BCUT2D eigenvalue weighted by molar-refractivity contribution is 5.94. The molecule has 0 unspecified atom stereocenters. The molecule has 0 fully saturated rings. The van der Waals surface area contributed by atoms with Gasteiger partial charge in [0.15, 0.2) is 0 Å². The fourth-order valence-electron chi connectivity index (χ4n) is 1.94. The molecule has 2 aromatic rings. The Morgan fingerprint density at radius 1 is 1.13 bits per heavy atom. The molecule has 0 saturated heterocycles. The molecule has 1 aromatic heterocycles. The SMILES string of the molecule is COc1cc(C(=O)OCCNC(=O)c2ccncc2)ccc1C. The molecule has 0 bridgehead atoms. The number of hydrogen-bond donors (Lipinski definition) is 1. The second kappa shape index (κ2) is 7.93. The highest BCUT2D eigenvalue weighted by Gasteiger charge is 2.10. The topological polar surface area (TPSA) is 77.5 Å². The standard InChI is InChI=1S/C17H18N2O4/c1-12-3-4-14(11-15(12)22-2)17(21)23-10-9-19-16(20)13-5-7-18-8-6-13/h3-8,11H,9-10H2,1-2H3,(H,19,20). The average Bonchev–Trinajstić information content (AvgIpc) is 2.59. The van der Waals surface area contributed by atoms with Crippen LogP contribution in [-0.2, 0) is 4.74 Å². The van der Waals surface area contributed by atoms with Gasteiger partial charge in [0.25, 0.3) is 5.91 Å². The van der Waals surface area contributed by atoms with Gasteiger partial charge in [-0.3, -0.25) is 9.78 Å². The Balaban J connectivity index is 1.80. The molecule has 6 heteroatoms. The van der Waals surface area contributed by atoms with Crippen LogP contribution in [0.5, 0.6) is 5.75 Å². The van der Waals surface area contributed by atoms with Crippen molar-refractivity contribution >= 4 is 11.9 Å². The summed E-state index contributed by atoms with van der Waals surface area (Å²) in [5.41, 5.74) is 1.86. The van der Waals surface area contributed by atoms with Crippen LogP contribution in [0.4, 0.5) is 0 Å². The minimum Gasteiger partial charge on any atom is -0.496 e. The maximum Gasteiger partial charge on any atom is 0.338 e. The lowest BCUT2D eigenvalue weighted by Gasteiger charge is -2.09. The molecule has 0 atom stereocenters. The Kier molecular flexibility index (Phi) is 5.68. The zero-order valence-electron chi connectivity index (χ0n) is 13.0. The summed E-state index contributed by atoms with van der Waals surface area (Å²) in [6.07, 6.45) is 3.08. The predicted molar refractivity (Wildman–Crippen MR) is 84.6 cm³/mol. The average molecular weight is 314 g/mol. The quantitative estimate of drug-likeness (QED) is 0.651. The Morgan fingerprint density at radius 2 is 1.87 bits per heavy atom. The van der Waals surface area contributed by atoms with Gasteiger partial charge in [-0.1, -0.05) is 6.07 Å². The summed E-state index contributed by atoms with van der Waals surface area (Å²) in [4.78, 5) is 27.6. The number of hydrogen-bond acceptors (Lipinski definition) is 5. The lowest BCUT2D eigenvalue weighted by molar-refractivity contribution is 0.0503. The van der Waals surface area contributed by atoms with Gasteiger partial charge in [-0.2, -0.15) is 0 Å². The molecule has 1 aromatic carbocycles. The largest absolute Gasteiger partial charge is 0.496 e. The molecule has 0 aliphatic heterocycles. The number of rotatable bonds is 6. The summed E-state index contributed by atoms with van der Waals surface area (Å²) in [7, 11) is 1.55. The Bertz CT molecular complexity index is 686. The van der Waals surface area contributed by atoms with Crippen LogP contribution in [0.15, 0.2) is 42.7 Å². The van der Waals surface area contributed by atoms with E-state index >= 15 is 0 Å². The molecule has 0 saturated carbocycles. The van der Waals surface area contributed by atoms with Gasteiger partial charge in [0.2, 0.25) is 0 Å². The smallest absolute Gasteiger partial charge is 0.338 e. The lowest BCUT2D eigenvalue weighted by atomic mass is 10.1. The van der Waals surface area contributed by atoms with Crippen LogP contribution in [0.1, 0.15) is 26.3 Å². The first-order valence-corrected chi connectivity index (χ1v) is 7.12. The highest BCUT2D eigenvalue weighted by atomic mass is 16.5. The van der Waals surface area contributed by atoms with Crippen LogP contribution >= 0.6 is 0 Å². The van der Waals surface area contributed by atoms with Crippen molar-refractivity contribution in [3.8, 4) is 5.75 Å². The molecule has 2 rings (SSSR count). The third-order valence-electron chi connectivity index (χ3n) is 3.21. The van der Waals surface area contributed by atoms with E-state index < -0.39 is 5.97 Å². The number of pyridine rings is 1. The number of aromatic nitrogens is 1. The fraction of sp³-hybridized carbons (Fsp3) is 0.235. The van der Waals surface area contributed by atoms with Gasteiger partial charge in [-0.05, 0) is 36.8 Å². The number of esters is 1. The molecular weight excluding hydrogens is 296 g/mol. The predicted octanol–water partition coefficient (Wildman–Crippen LogP) is 1.99. The maximum absolute atomic E-state index is 11.9. The van der Waals surface area contributed by atoms with E-state index in [9.17, 15) is 9.59 Å². The first-order chi connectivity index (χ1) is 11.1. The van der Waals surface area contributed by atoms with Crippen molar-refractivity contribution in [1.29, 1.82) is 0 Å². The van der Waals surface area contributed by atoms with Gasteiger partial charge in [-0.25, -0.2) is 4.79 Å². The molecule has 23 heavy (non-hydrogen) atoms. The molecule has 0 spiro atoms. The number of ether oxygens (including phenoxy) is 2. The van der Waals surface area contributed by atoms with Gasteiger partial charge in [0.1, 0.15) is 12.4 Å². The summed E-state index contributed by atoms with van der Waals surface area (Å²) < 4.78 is 10.3. The molecule has 120 valence electrons. The third-order valence-corrected chi connectivity index (χ3v) is 3.21. The van der Waals surface area contributed by atoms with Crippen LogP contribution in [0.2, 0.25) is 0 Å². The van der Waals surface area contributed by atoms with Gasteiger partial charge in [-0.15, -0.1) is 0 Å². The van der Waals surface area contributed by atoms with Gasteiger partial charge < -0.3 is 14.8 Å². The van der Waals surface area contributed by atoms with Gasteiger partial charge in [0, 0.05) is 18.0 Å². The maximum atomic E-state index is 11.9. The first-order valence-electron chi connectivity index (χ1n) is 7.12. The Labute approximate surface area is 134 Å². The van der Waals surface area contributed by atoms with E-state index in [1.54, 1.807) is 49.8 Å². The van der Waals surface area contributed by atoms with Crippen LogP contribution in [0.3, 0.4) is 0 Å². The first kappa shape index (κ1) is 16.5. The normalized spacial score (nSPS) is 10.0. The second-order valence-electron chi connectivity index (χ2n) is 4.81. The van der Waals surface area contributed by atoms with Crippen LogP contribution < -0.4 is 10.1 Å². The molecule has 0 radical (unpaired) electrons. The Hall–Kier alpha value is -2.89. The minimum atomic E-state index is -0.457. The van der Waals surface area contributed by atoms with E-state index in [1.165, 1.54) is 0 Å². The van der Waals surface area contributed by atoms with Crippen LogP contribution in [0, 0.1) is 6.92 Å². The number of carbonyl (C=O) groups excluding carboxylic acids is 2. The lowest BCUT2D eigenvalue weighted by Crippen LogP contribution is -2.28. The number of nitrogens with one attached hydrogen (secondary N) is 1. The summed E-state index contributed by atoms with van der Waals surface area (Å²) in [5.74, 6) is -0.0626. The number of aryl methyl sites for hydroxylation is 1. The molecule has 0 aliphatic carbocycles. The second-order valence-corrected chi connectivity index (χ2v) is 4.81. The van der Waals surface area contributed by atoms with E-state index in [1.807, 2.05) is 6.92 Å². The molecule has 1 N–H and O–H groups in total. The van der Waals surface area contributed by atoms with Crippen molar-refractivity contribution in [1.82, 2.24) is 10.3 Å². The number of nitrogens with zero attached hydrogens (tertiary/aromatic N) is 1. The molecular formula is C17H18N2O4. The highest BCUT2D eigenvalue weighted by Crippen LogP contribution is 2.19. The molecule has 6 nitrogen and oxygen atoms in total. The van der Waals surface area contributed by atoms with Crippen LogP contribution in [-0.4, -0.2) is 37.1 Å². The minimum absolute atomic E-state index is 0.0891. The van der Waals surface area contributed by atoms with Crippen molar-refractivity contribution in [3.05, 3.63) is 59.4 Å². The van der Waals surface area contributed by atoms with Crippen molar-refractivity contribution < 1.29 is 19.1 Å². The Morgan fingerprint density at radius 3 is 2.57 bits per heavy atom. The van der Waals surface area contributed by atoms with E-state index in [4.69, 9.17) is 9.47 Å². The van der Waals surface area contributed by atoms with E-state index in [0.717, 1.165) is 5.56 Å². The van der Waals surface area contributed by atoms with Crippen molar-refractivity contribution in [3.63, 3.8) is 0 Å². The number of methoxy groups -OCH3 is 1. The van der Waals surface area contributed by atoms with Crippen molar-refractivity contribution in [2.75, 3.05) is 20.3 Å². The fourth-order valence-corrected chi connectivity index (χ4v) is 1.94. The monoisotopic (exact) mass is 314 g/mol. The summed E-state index contributed by atoms with van der Waals surface area (Å²) in [6, 6.07) is 8.32. The van der Waals surface area contributed by atoms with Gasteiger partial charge in [0.05, 0.1) is 19.2 Å². The summed E-state index contributed by atoms with van der Waals surface area (Å²) in [5, 5.41) is 2.67. The zero-order valence-corrected chi connectivity index (χ0v) is 13.0. The van der Waals surface area contributed by atoms with Gasteiger partial charge >= 0.3 is 5.97 Å².